The van der Waals surface area contributed by atoms with Crippen LogP contribution in [0.5, 0.6) is 5.75 Å². The molecule has 0 heterocycles. The molecule has 0 radical (unpaired) electrons. The molecule has 1 N–H and O–H groups in total. The van der Waals surface area contributed by atoms with E-state index in [4.69, 9.17) is 14.6 Å². The van der Waals surface area contributed by atoms with Gasteiger partial charge in [0.2, 0.25) is 0 Å². The maximum Gasteiger partial charge on any atom is 0.335 e. The van der Waals surface area contributed by atoms with Crippen molar-refractivity contribution in [1.29, 1.82) is 0 Å². The number of hydrogen-bond acceptors (Lipinski definition) is 3. The number of carbonyl (C=O) groups excluding carboxylic acids is 1. The molecule has 1 aromatic rings. The fourth-order valence-corrected chi connectivity index (χ4v) is 2.30. The summed E-state index contributed by atoms with van der Waals surface area (Å²) in [5, 5.41) is 8.82. The highest BCUT2D eigenvalue weighted by molar-refractivity contribution is 5.87. The molecule has 118 valence electrons. The summed E-state index contributed by atoms with van der Waals surface area (Å²) in [5.74, 6) is -0.218. The van der Waals surface area contributed by atoms with Crippen molar-refractivity contribution in [3.05, 3.63) is 29.8 Å². The van der Waals surface area contributed by atoms with Gasteiger partial charge in [-0.3, -0.25) is 0 Å². The van der Waals surface area contributed by atoms with Gasteiger partial charge in [-0.05, 0) is 56.9 Å². The number of ether oxygens (including phenoxy) is 1. The molecule has 0 aromatic heterocycles. The van der Waals surface area contributed by atoms with Crippen LogP contribution < -0.4 is 4.74 Å². The lowest BCUT2D eigenvalue weighted by Crippen LogP contribution is -2.33. The number of carboxylic acid groups (broad SMARTS) is 1. The first-order chi connectivity index (χ1) is 9.50. The van der Waals surface area contributed by atoms with Crippen LogP contribution in [0.1, 0.15) is 58.3 Å². The summed E-state index contributed by atoms with van der Waals surface area (Å²) in [6, 6.07) is 6.53. The summed E-state index contributed by atoms with van der Waals surface area (Å²) in [5.41, 5.74) is 0.184. The number of rotatable bonds is 4. The summed E-state index contributed by atoms with van der Waals surface area (Å²) in [6.45, 7) is 12.1. The van der Waals surface area contributed by atoms with Gasteiger partial charge in [-0.15, -0.1) is 0 Å². The van der Waals surface area contributed by atoms with Crippen LogP contribution in [0, 0.1) is 5.41 Å². The third kappa shape index (κ3) is 8.84. The molecule has 0 aliphatic rings. The van der Waals surface area contributed by atoms with Crippen molar-refractivity contribution in [2.75, 3.05) is 0 Å². The van der Waals surface area contributed by atoms with E-state index in [1.54, 1.807) is 24.3 Å². The van der Waals surface area contributed by atoms with Crippen LogP contribution in [-0.2, 0) is 4.79 Å². The lowest BCUT2D eigenvalue weighted by molar-refractivity contribution is -0.106. The van der Waals surface area contributed by atoms with Crippen LogP contribution in [0.4, 0.5) is 0 Å². The normalized spacial score (nSPS) is 11.1. The first-order valence-electron chi connectivity index (χ1n) is 6.93. The number of hydrogen-bond donors (Lipinski definition) is 1. The minimum Gasteiger partial charge on any atom is -0.488 e. The van der Waals surface area contributed by atoms with E-state index in [-0.39, 0.29) is 16.6 Å². The van der Waals surface area contributed by atoms with E-state index in [2.05, 4.69) is 20.8 Å². The SMILES string of the molecule is CC(C)(C)CC(C)(C)Oc1ccc(C(=O)O)cc1.CC=O. The van der Waals surface area contributed by atoms with Crippen molar-refractivity contribution in [2.24, 2.45) is 5.41 Å². The Kier molecular flexibility index (Phi) is 7.13. The van der Waals surface area contributed by atoms with Crippen LogP contribution in [-0.4, -0.2) is 23.0 Å². The van der Waals surface area contributed by atoms with E-state index in [0.29, 0.717) is 5.75 Å². The van der Waals surface area contributed by atoms with Crippen LogP contribution in [0.2, 0.25) is 0 Å². The third-order valence-electron chi connectivity index (χ3n) is 2.45. The number of aldehydes is 1. The molecule has 21 heavy (non-hydrogen) atoms. The fourth-order valence-electron chi connectivity index (χ4n) is 2.30. The quantitative estimate of drug-likeness (QED) is 0.846. The Labute approximate surface area is 127 Å². The van der Waals surface area contributed by atoms with E-state index in [0.717, 1.165) is 12.7 Å². The second-order valence-electron chi connectivity index (χ2n) is 6.66. The van der Waals surface area contributed by atoms with Crippen LogP contribution in [0.15, 0.2) is 24.3 Å². The van der Waals surface area contributed by atoms with Crippen molar-refractivity contribution in [1.82, 2.24) is 0 Å². The van der Waals surface area contributed by atoms with Gasteiger partial charge < -0.3 is 14.6 Å². The molecule has 0 aliphatic carbocycles. The molecule has 4 heteroatoms. The van der Waals surface area contributed by atoms with Crippen molar-refractivity contribution < 1.29 is 19.4 Å². The Hall–Kier alpha value is -1.84. The predicted octanol–water partition coefficient (Wildman–Crippen LogP) is 4.18. The Bertz CT molecular complexity index is 453. The molecule has 0 aliphatic heterocycles. The number of aromatic carboxylic acids is 1. The van der Waals surface area contributed by atoms with Crippen molar-refractivity contribution in [2.45, 2.75) is 53.6 Å². The van der Waals surface area contributed by atoms with E-state index in [1.165, 1.54) is 6.92 Å². The van der Waals surface area contributed by atoms with E-state index < -0.39 is 5.97 Å². The van der Waals surface area contributed by atoms with E-state index in [1.807, 2.05) is 13.8 Å². The summed E-state index contributed by atoms with van der Waals surface area (Å²) in [7, 11) is 0. The van der Waals surface area contributed by atoms with Crippen LogP contribution >= 0.6 is 0 Å². The monoisotopic (exact) mass is 294 g/mol. The minimum absolute atomic E-state index is 0.185. The molecule has 0 amide bonds. The molecular formula is C17H26O4. The van der Waals surface area contributed by atoms with E-state index in [9.17, 15) is 4.79 Å². The molecule has 0 bridgehead atoms. The van der Waals surface area contributed by atoms with Crippen molar-refractivity contribution >= 4 is 12.3 Å². The number of carboxylic acids is 1. The average Bonchev–Trinajstić information content (AvgIpc) is 2.26. The summed E-state index contributed by atoms with van der Waals surface area (Å²) < 4.78 is 5.92. The highest BCUT2D eigenvalue weighted by atomic mass is 16.5. The van der Waals surface area contributed by atoms with Crippen molar-refractivity contribution in [3.8, 4) is 5.75 Å². The zero-order valence-electron chi connectivity index (χ0n) is 13.8. The zero-order chi connectivity index (χ0) is 16.7. The largest absolute Gasteiger partial charge is 0.488 e. The maximum atomic E-state index is 10.7. The van der Waals surface area contributed by atoms with Crippen LogP contribution in [0.25, 0.3) is 0 Å². The molecule has 0 saturated heterocycles. The zero-order valence-corrected chi connectivity index (χ0v) is 13.8. The van der Waals surface area contributed by atoms with Gasteiger partial charge in [0.1, 0.15) is 17.6 Å². The second kappa shape index (κ2) is 7.81. The molecular weight excluding hydrogens is 268 g/mol. The topological polar surface area (TPSA) is 63.6 Å². The Morgan fingerprint density at radius 3 is 1.90 bits per heavy atom. The molecule has 1 rings (SSSR count). The molecule has 0 spiro atoms. The molecule has 4 nitrogen and oxygen atoms in total. The van der Waals surface area contributed by atoms with Gasteiger partial charge in [-0.2, -0.15) is 0 Å². The Morgan fingerprint density at radius 1 is 1.14 bits per heavy atom. The van der Waals surface area contributed by atoms with E-state index >= 15 is 0 Å². The second-order valence-corrected chi connectivity index (χ2v) is 6.66. The lowest BCUT2D eigenvalue weighted by atomic mass is 9.83. The smallest absolute Gasteiger partial charge is 0.335 e. The molecule has 0 unspecified atom stereocenters. The predicted molar refractivity (Wildman–Crippen MR) is 83.9 cm³/mol. The van der Waals surface area contributed by atoms with Gasteiger partial charge in [0.25, 0.3) is 0 Å². The third-order valence-corrected chi connectivity index (χ3v) is 2.45. The first-order valence-corrected chi connectivity index (χ1v) is 6.93. The summed E-state index contributed by atoms with van der Waals surface area (Å²) >= 11 is 0. The highest BCUT2D eigenvalue weighted by Gasteiger charge is 2.27. The maximum absolute atomic E-state index is 10.7. The number of benzene rings is 1. The first kappa shape index (κ1) is 19.2. The Balaban J connectivity index is 0.00000122. The Morgan fingerprint density at radius 2 is 1.57 bits per heavy atom. The minimum atomic E-state index is -0.921. The van der Waals surface area contributed by atoms with Gasteiger partial charge in [-0.1, -0.05) is 20.8 Å². The van der Waals surface area contributed by atoms with Gasteiger partial charge in [0.15, 0.2) is 0 Å². The highest BCUT2D eigenvalue weighted by Crippen LogP contribution is 2.30. The summed E-state index contributed by atoms with van der Waals surface area (Å²) in [4.78, 5) is 19.5. The van der Waals surface area contributed by atoms with Gasteiger partial charge >= 0.3 is 5.97 Å². The van der Waals surface area contributed by atoms with Gasteiger partial charge in [-0.25, -0.2) is 4.79 Å². The summed E-state index contributed by atoms with van der Waals surface area (Å²) in [6.07, 6.45) is 1.67. The average molecular weight is 294 g/mol. The molecule has 0 saturated carbocycles. The molecule has 0 fully saturated rings. The lowest BCUT2D eigenvalue weighted by Gasteiger charge is -2.33. The molecule has 1 aromatic carbocycles. The molecule has 0 atom stereocenters. The van der Waals surface area contributed by atoms with Crippen LogP contribution in [0.3, 0.4) is 0 Å². The van der Waals surface area contributed by atoms with Crippen molar-refractivity contribution in [3.63, 3.8) is 0 Å². The standard InChI is InChI=1S/C15H22O3.C2H4O/c1-14(2,3)10-15(4,5)18-12-8-6-11(7-9-12)13(16)17;1-2-3/h6-9H,10H2,1-5H3,(H,16,17);2H,1H3. The van der Waals surface area contributed by atoms with Gasteiger partial charge in [0.05, 0.1) is 5.56 Å². The fraction of sp³-hybridized carbons (Fsp3) is 0.529. The van der Waals surface area contributed by atoms with Gasteiger partial charge in [0, 0.05) is 0 Å². The number of carbonyl (C=O) groups is 2.